The standard InChI is InChI=1S/C10H22O2/c1-4-5-6-9(11)7-10(12)8(2)3/h8-12H,4-7H2,1-3H3/t9-,10-/m0/s1. The molecule has 0 aliphatic carbocycles. The Kier molecular flexibility index (Phi) is 6.39. The number of aliphatic hydroxyl groups excluding tert-OH is 2. The van der Waals surface area contributed by atoms with Crippen molar-refractivity contribution in [2.75, 3.05) is 0 Å². The Morgan fingerprint density at radius 2 is 1.75 bits per heavy atom. The molecule has 2 nitrogen and oxygen atoms in total. The van der Waals surface area contributed by atoms with Crippen molar-refractivity contribution in [1.82, 2.24) is 0 Å². The summed E-state index contributed by atoms with van der Waals surface area (Å²) in [4.78, 5) is 0. The van der Waals surface area contributed by atoms with Crippen LogP contribution in [-0.4, -0.2) is 22.4 Å². The predicted octanol–water partition coefficient (Wildman–Crippen LogP) is 1.94. The van der Waals surface area contributed by atoms with E-state index in [4.69, 9.17) is 0 Å². The second-order valence-electron chi connectivity index (χ2n) is 3.84. The van der Waals surface area contributed by atoms with Crippen LogP contribution < -0.4 is 0 Å². The third-order valence-electron chi connectivity index (χ3n) is 2.17. The molecular formula is C10H22O2. The summed E-state index contributed by atoms with van der Waals surface area (Å²) in [5.41, 5.74) is 0. The molecule has 0 rings (SSSR count). The van der Waals surface area contributed by atoms with Crippen molar-refractivity contribution in [3.8, 4) is 0 Å². The molecule has 74 valence electrons. The van der Waals surface area contributed by atoms with Gasteiger partial charge >= 0.3 is 0 Å². The van der Waals surface area contributed by atoms with Crippen molar-refractivity contribution in [2.45, 2.75) is 58.7 Å². The molecule has 0 heterocycles. The molecule has 12 heavy (non-hydrogen) atoms. The quantitative estimate of drug-likeness (QED) is 0.646. The summed E-state index contributed by atoms with van der Waals surface area (Å²) < 4.78 is 0. The van der Waals surface area contributed by atoms with Gasteiger partial charge in [-0.1, -0.05) is 33.6 Å². The van der Waals surface area contributed by atoms with Gasteiger partial charge in [0.2, 0.25) is 0 Å². The summed E-state index contributed by atoms with van der Waals surface area (Å²) in [5, 5.41) is 18.9. The largest absolute Gasteiger partial charge is 0.393 e. The van der Waals surface area contributed by atoms with Crippen molar-refractivity contribution in [3.63, 3.8) is 0 Å². The molecule has 0 saturated carbocycles. The van der Waals surface area contributed by atoms with E-state index in [-0.39, 0.29) is 18.1 Å². The van der Waals surface area contributed by atoms with E-state index < -0.39 is 0 Å². The molecule has 0 spiro atoms. The van der Waals surface area contributed by atoms with Crippen molar-refractivity contribution in [3.05, 3.63) is 0 Å². The zero-order valence-electron chi connectivity index (χ0n) is 8.45. The fraction of sp³-hybridized carbons (Fsp3) is 1.00. The monoisotopic (exact) mass is 174 g/mol. The van der Waals surface area contributed by atoms with Gasteiger partial charge in [-0.25, -0.2) is 0 Å². The Bertz CT molecular complexity index is 102. The topological polar surface area (TPSA) is 40.5 Å². The first-order valence-corrected chi connectivity index (χ1v) is 4.94. The van der Waals surface area contributed by atoms with Gasteiger partial charge < -0.3 is 10.2 Å². The first kappa shape index (κ1) is 11.9. The zero-order valence-corrected chi connectivity index (χ0v) is 8.45. The van der Waals surface area contributed by atoms with Crippen LogP contribution in [0.3, 0.4) is 0 Å². The van der Waals surface area contributed by atoms with E-state index in [1.807, 2.05) is 13.8 Å². The highest BCUT2D eigenvalue weighted by Crippen LogP contribution is 2.12. The Balaban J connectivity index is 3.47. The molecule has 0 bridgehead atoms. The van der Waals surface area contributed by atoms with Crippen LogP contribution in [0.1, 0.15) is 46.5 Å². The maximum absolute atomic E-state index is 9.44. The number of aliphatic hydroxyl groups is 2. The normalized spacial score (nSPS) is 16.5. The van der Waals surface area contributed by atoms with Gasteiger partial charge in [-0.05, 0) is 18.8 Å². The molecule has 0 aliphatic heterocycles. The van der Waals surface area contributed by atoms with E-state index in [2.05, 4.69) is 6.92 Å². The fourth-order valence-electron chi connectivity index (χ4n) is 1.11. The molecule has 2 heteroatoms. The van der Waals surface area contributed by atoms with E-state index in [0.717, 1.165) is 19.3 Å². The van der Waals surface area contributed by atoms with Crippen LogP contribution in [0.4, 0.5) is 0 Å². The molecule has 0 aromatic heterocycles. The first-order valence-electron chi connectivity index (χ1n) is 4.94. The summed E-state index contributed by atoms with van der Waals surface area (Å²) in [6, 6.07) is 0. The molecule has 0 unspecified atom stereocenters. The van der Waals surface area contributed by atoms with Crippen LogP contribution in [0, 0.1) is 5.92 Å². The Labute approximate surface area is 75.6 Å². The second-order valence-corrected chi connectivity index (χ2v) is 3.84. The van der Waals surface area contributed by atoms with E-state index in [1.54, 1.807) is 0 Å². The molecule has 0 saturated heterocycles. The van der Waals surface area contributed by atoms with Gasteiger partial charge in [-0.3, -0.25) is 0 Å². The van der Waals surface area contributed by atoms with Crippen molar-refractivity contribution in [1.29, 1.82) is 0 Å². The average molecular weight is 174 g/mol. The SMILES string of the molecule is CCCC[C@H](O)C[C@H](O)C(C)C. The van der Waals surface area contributed by atoms with Gasteiger partial charge in [0.1, 0.15) is 0 Å². The van der Waals surface area contributed by atoms with Crippen LogP contribution in [-0.2, 0) is 0 Å². The lowest BCUT2D eigenvalue weighted by Crippen LogP contribution is -2.22. The summed E-state index contributed by atoms with van der Waals surface area (Å²) in [6.07, 6.45) is 2.83. The highest BCUT2D eigenvalue weighted by Gasteiger charge is 2.14. The van der Waals surface area contributed by atoms with Crippen LogP contribution in [0.2, 0.25) is 0 Å². The predicted molar refractivity (Wildman–Crippen MR) is 51.0 cm³/mol. The number of hydrogen-bond donors (Lipinski definition) is 2. The minimum atomic E-state index is -0.350. The first-order chi connectivity index (χ1) is 5.57. The minimum Gasteiger partial charge on any atom is -0.393 e. The number of hydrogen-bond acceptors (Lipinski definition) is 2. The van der Waals surface area contributed by atoms with Gasteiger partial charge in [0, 0.05) is 0 Å². The van der Waals surface area contributed by atoms with Crippen molar-refractivity contribution in [2.24, 2.45) is 5.92 Å². The van der Waals surface area contributed by atoms with Crippen molar-refractivity contribution >= 4 is 0 Å². The van der Waals surface area contributed by atoms with Gasteiger partial charge in [0.25, 0.3) is 0 Å². The summed E-state index contributed by atoms with van der Waals surface area (Å²) in [7, 11) is 0. The lowest BCUT2D eigenvalue weighted by atomic mass is 9.98. The maximum atomic E-state index is 9.44. The van der Waals surface area contributed by atoms with E-state index in [0.29, 0.717) is 6.42 Å². The van der Waals surface area contributed by atoms with Gasteiger partial charge in [-0.15, -0.1) is 0 Å². The van der Waals surface area contributed by atoms with Crippen molar-refractivity contribution < 1.29 is 10.2 Å². The van der Waals surface area contributed by atoms with Gasteiger partial charge in [0.05, 0.1) is 12.2 Å². The lowest BCUT2D eigenvalue weighted by molar-refractivity contribution is 0.0490. The summed E-state index contributed by atoms with van der Waals surface area (Å²) in [6.45, 7) is 6.04. The average Bonchev–Trinajstić information content (AvgIpc) is 2.00. The van der Waals surface area contributed by atoms with E-state index >= 15 is 0 Å². The second kappa shape index (κ2) is 6.44. The molecule has 0 fully saturated rings. The molecule has 0 aliphatic rings. The molecule has 2 atom stereocenters. The third-order valence-corrected chi connectivity index (χ3v) is 2.17. The van der Waals surface area contributed by atoms with Gasteiger partial charge in [-0.2, -0.15) is 0 Å². The number of rotatable bonds is 6. The van der Waals surface area contributed by atoms with E-state index in [9.17, 15) is 10.2 Å². The third kappa shape index (κ3) is 5.56. The maximum Gasteiger partial charge on any atom is 0.0587 e. The highest BCUT2D eigenvalue weighted by molar-refractivity contribution is 4.66. The Hall–Kier alpha value is -0.0800. The lowest BCUT2D eigenvalue weighted by Gasteiger charge is -2.18. The molecular weight excluding hydrogens is 152 g/mol. The minimum absolute atomic E-state index is 0.251. The molecule has 2 N–H and O–H groups in total. The molecule has 0 amide bonds. The van der Waals surface area contributed by atoms with Crippen LogP contribution in [0.5, 0.6) is 0 Å². The van der Waals surface area contributed by atoms with Crippen LogP contribution >= 0.6 is 0 Å². The van der Waals surface area contributed by atoms with E-state index in [1.165, 1.54) is 0 Å². The van der Waals surface area contributed by atoms with Crippen LogP contribution in [0.15, 0.2) is 0 Å². The summed E-state index contributed by atoms with van der Waals surface area (Å²) >= 11 is 0. The smallest absolute Gasteiger partial charge is 0.0587 e. The highest BCUT2D eigenvalue weighted by atomic mass is 16.3. The molecule has 0 radical (unpaired) electrons. The molecule has 0 aromatic carbocycles. The number of unbranched alkanes of at least 4 members (excludes halogenated alkanes) is 1. The van der Waals surface area contributed by atoms with Crippen LogP contribution in [0.25, 0.3) is 0 Å². The fourth-order valence-corrected chi connectivity index (χ4v) is 1.11. The zero-order chi connectivity index (χ0) is 9.56. The summed E-state index contributed by atoms with van der Waals surface area (Å²) in [5.74, 6) is 0.251. The molecule has 0 aromatic rings. The Morgan fingerprint density at radius 1 is 1.17 bits per heavy atom. The van der Waals surface area contributed by atoms with Gasteiger partial charge in [0.15, 0.2) is 0 Å². The Morgan fingerprint density at radius 3 is 2.17 bits per heavy atom.